The molecule has 0 fully saturated rings. The number of rotatable bonds is 4. The number of pyridine rings is 1. The van der Waals surface area contributed by atoms with Gasteiger partial charge in [-0.3, -0.25) is 4.79 Å². The minimum atomic E-state index is -0.0785. The predicted octanol–water partition coefficient (Wildman–Crippen LogP) is 2.00. The van der Waals surface area contributed by atoms with Crippen LogP contribution < -0.4 is 5.56 Å². The standard InChI is InChI=1S/C12H13NO2S/c14-6-3-7-16-11-8-12(15)13-10-5-2-1-4-9(10)11/h1-2,4-5,8,14H,3,6-7H2,(H,13,15). The van der Waals surface area contributed by atoms with Crippen LogP contribution in [0.5, 0.6) is 0 Å². The maximum atomic E-state index is 11.4. The number of aliphatic hydroxyl groups excluding tert-OH is 1. The zero-order valence-electron chi connectivity index (χ0n) is 8.77. The summed E-state index contributed by atoms with van der Waals surface area (Å²) in [4.78, 5) is 15.2. The van der Waals surface area contributed by atoms with Crippen LogP contribution in [-0.4, -0.2) is 22.5 Å². The van der Waals surface area contributed by atoms with E-state index < -0.39 is 0 Å². The molecule has 3 nitrogen and oxygen atoms in total. The lowest BCUT2D eigenvalue weighted by Gasteiger charge is -2.04. The monoisotopic (exact) mass is 235 g/mol. The minimum Gasteiger partial charge on any atom is -0.396 e. The number of nitrogens with one attached hydrogen (secondary N) is 1. The molecular formula is C12H13NO2S. The molecule has 0 aliphatic heterocycles. The molecule has 2 N–H and O–H groups in total. The van der Waals surface area contributed by atoms with Gasteiger partial charge in [0.2, 0.25) is 5.56 Å². The Morgan fingerprint density at radius 2 is 2.12 bits per heavy atom. The van der Waals surface area contributed by atoms with E-state index in [0.29, 0.717) is 0 Å². The molecule has 84 valence electrons. The molecule has 0 aliphatic rings. The molecule has 0 spiro atoms. The van der Waals surface area contributed by atoms with E-state index in [2.05, 4.69) is 4.98 Å². The normalized spacial score (nSPS) is 10.8. The van der Waals surface area contributed by atoms with Gasteiger partial charge < -0.3 is 10.1 Å². The number of hydrogen-bond acceptors (Lipinski definition) is 3. The quantitative estimate of drug-likeness (QED) is 0.629. The molecule has 0 atom stereocenters. The average molecular weight is 235 g/mol. The van der Waals surface area contributed by atoms with Crippen LogP contribution in [0.25, 0.3) is 10.9 Å². The van der Waals surface area contributed by atoms with Crippen LogP contribution in [0.2, 0.25) is 0 Å². The zero-order valence-corrected chi connectivity index (χ0v) is 9.59. The lowest BCUT2D eigenvalue weighted by Crippen LogP contribution is -2.04. The van der Waals surface area contributed by atoms with Crippen molar-refractivity contribution in [3.05, 3.63) is 40.7 Å². The molecule has 0 unspecified atom stereocenters. The molecule has 0 saturated carbocycles. The van der Waals surface area contributed by atoms with Crippen molar-refractivity contribution in [2.45, 2.75) is 11.3 Å². The molecule has 0 radical (unpaired) electrons. The highest BCUT2D eigenvalue weighted by molar-refractivity contribution is 7.99. The fraction of sp³-hybridized carbons (Fsp3) is 0.250. The highest BCUT2D eigenvalue weighted by Crippen LogP contribution is 2.25. The summed E-state index contributed by atoms with van der Waals surface area (Å²) in [6, 6.07) is 9.36. The fourth-order valence-corrected chi connectivity index (χ4v) is 2.56. The third kappa shape index (κ3) is 2.46. The van der Waals surface area contributed by atoms with Crippen molar-refractivity contribution in [2.75, 3.05) is 12.4 Å². The van der Waals surface area contributed by atoms with E-state index in [1.165, 1.54) is 0 Å². The highest BCUT2D eigenvalue weighted by atomic mass is 32.2. The molecule has 0 amide bonds. The van der Waals surface area contributed by atoms with Gasteiger partial charge in [0, 0.05) is 34.2 Å². The number of hydrogen-bond donors (Lipinski definition) is 2. The van der Waals surface area contributed by atoms with Gasteiger partial charge in [0.15, 0.2) is 0 Å². The fourth-order valence-electron chi connectivity index (χ4n) is 1.54. The minimum absolute atomic E-state index is 0.0785. The summed E-state index contributed by atoms with van der Waals surface area (Å²) in [6.45, 7) is 0.189. The molecule has 1 heterocycles. The van der Waals surface area contributed by atoms with Crippen molar-refractivity contribution in [3.8, 4) is 0 Å². The highest BCUT2D eigenvalue weighted by Gasteiger charge is 2.02. The van der Waals surface area contributed by atoms with Crippen molar-refractivity contribution in [1.82, 2.24) is 4.98 Å². The number of aromatic amines is 1. The summed E-state index contributed by atoms with van der Waals surface area (Å²) in [5, 5.41) is 9.79. The van der Waals surface area contributed by atoms with E-state index in [-0.39, 0.29) is 12.2 Å². The average Bonchev–Trinajstić information content (AvgIpc) is 2.29. The lowest BCUT2D eigenvalue weighted by molar-refractivity contribution is 0.296. The third-order valence-electron chi connectivity index (χ3n) is 2.27. The number of thioether (sulfide) groups is 1. The Labute approximate surface area is 97.5 Å². The Morgan fingerprint density at radius 3 is 2.94 bits per heavy atom. The zero-order chi connectivity index (χ0) is 11.4. The molecule has 16 heavy (non-hydrogen) atoms. The van der Waals surface area contributed by atoms with Crippen LogP contribution >= 0.6 is 11.8 Å². The summed E-state index contributed by atoms with van der Waals surface area (Å²) in [7, 11) is 0. The summed E-state index contributed by atoms with van der Waals surface area (Å²) < 4.78 is 0. The molecule has 1 aromatic carbocycles. The second-order valence-electron chi connectivity index (χ2n) is 3.47. The molecule has 0 saturated heterocycles. The van der Waals surface area contributed by atoms with Crippen molar-refractivity contribution in [3.63, 3.8) is 0 Å². The van der Waals surface area contributed by atoms with Crippen molar-refractivity contribution < 1.29 is 5.11 Å². The largest absolute Gasteiger partial charge is 0.396 e. The van der Waals surface area contributed by atoms with Gasteiger partial charge in [-0.15, -0.1) is 11.8 Å². The molecule has 4 heteroatoms. The summed E-state index contributed by atoms with van der Waals surface area (Å²) in [6.07, 6.45) is 0.742. The number of H-pyrrole nitrogens is 1. The summed E-state index contributed by atoms with van der Waals surface area (Å²) in [5.74, 6) is 0.823. The van der Waals surface area contributed by atoms with Gasteiger partial charge in [-0.2, -0.15) is 0 Å². The SMILES string of the molecule is O=c1cc(SCCCO)c2ccccc2[nH]1. The Kier molecular flexibility index (Phi) is 3.64. The van der Waals surface area contributed by atoms with Crippen LogP contribution in [-0.2, 0) is 0 Å². The number of fused-ring (bicyclic) bond motifs is 1. The Morgan fingerprint density at radius 1 is 1.31 bits per heavy atom. The predicted molar refractivity (Wildman–Crippen MR) is 67.0 cm³/mol. The van der Waals surface area contributed by atoms with Crippen LogP contribution in [0, 0.1) is 0 Å². The first-order valence-corrected chi connectivity index (χ1v) is 6.15. The molecule has 2 rings (SSSR count). The number of aromatic nitrogens is 1. The second kappa shape index (κ2) is 5.18. The van der Waals surface area contributed by atoms with Gasteiger partial charge in [-0.1, -0.05) is 18.2 Å². The smallest absolute Gasteiger partial charge is 0.249 e. The van der Waals surface area contributed by atoms with Crippen LogP contribution in [0.3, 0.4) is 0 Å². The van der Waals surface area contributed by atoms with E-state index in [1.54, 1.807) is 17.8 Å². The molecule has 1 aromatic heterocycles. The van der Waals surface area contributed by atoms with E-state index >= 15 is 0 Å². The van der Waals surface area contributed by atoms with Gasteiger partial charge in [-0.05, 0) is 12.5 Å². The van der Waals surface area contributed by atoms with Gasteiger partial charge in [0.05, 0.1) is 0 Å². The van der Waals surface area contributed by atoms with Gasteiger partial charge in [-0.25, -0.2) is 0 Å². The topological polar surface area (TPSA) is 53.1 Å². The second-order valence-corrected chi connectivity index (χ2v) is 4.61. The van der Waals surface area contributed by atoms with E-state index in [4.69, 9.17) is 5.11 Å². The molecular weight excluding hydrogens is 222 g/mol. The summed E-state index contributed by atoms with van der Waals surface area (Å²) in [5.41, 5.74) is 0.784. The van der Waals surface area contributed by atoms with Gasteiger partial charge in [0.25, 0.3) is 0 Å². The maximum absolute atomic E-state index is 11.4. The maximum Gasteiger partial charge on any atom is 0.249 e. The molecule has 2 aromatic rings. The van der Waals surface area contributed by atoms with E-state index in [1.807, 2.05) is 24.3 Å². The number of para-hydroxylation sites is 1. The molecule has 0 aliphatic carbocycles. The van der Waals surface area contributed by atoms with Crippen LogP contribution in [0.15, 0.2) is 40.0 Å². The lowest BCUT2D eigenvalue weighted by atomic mass is 10.2. The Hall–Kier alpha value is -1.26. The van der Waals surface area contributed by atoms with E-state index in [0.717, 1.165) is 28.0 Å². The van der Waals surface area contributed by atoms with Crippen molar-refractivity contribution >= 4 is 22.7 Å². The molecule has 0 bridgehead atoms. The van der Waals surface area contributed by atoms with Crippen LogP contribution in [0.1, 0.15) is 6.42 Å². The van der Waals surface area contributed by atoms with Crippen LogP contribution in [0.4, 0.5) is 0 Å². The number of aliphatic hydroxyl groups is 1. The Balaban J connectivity index is 2.38. The first kappa shape index (κ1) is 11.2. The first-order chi connectivity index (χ1) is 7.81. The first-order valence-electron chi connectivity index (χ1n) is 5.17. The van der Waals surface area contributed by atoms with Crippen molar-refractivity contribution in [1.29, 1.82) is 0 Å². The Bertz CT molecular complexity index is 536. The van der Waals surface area contributed by atoms with Gasteiger partial charge in [0.1, 0.15) is 0 Å². The van der Waals surface area contributed by atoms with E-state index in [9.17, 15) is 4.79 Å². The van der Waals surface area contributed by atoms with Crippen molar-refractivity contribution in [2.24, 2.45) is 0 Å². The van der Waals surface area contributed by atoms with Gasteiger partial charge >= 0.3 is 0 Å². The number of benzene rings is 1. The summed E-state index contributed by atoms with van der Waals surface area (Å²) >= 11 is 1.61. The third-order valence-corrected chi connectivity index (χ3v) is 3.41.